The number of hydrogen-bond donors (Lipinski definition) is 1. The third kappa shape index (κ3) is 2.24. The van der Waals surface area contributed by atoms with Crippen LogP contribution in [0.15, 0.2) is 24.3 Å². The number of carboxylic acids is 1. The van der Waals surface area contributed by atoms with Gasteiger partial charge in [0, 0.05) is 6.54 Å². The summed E-state index contributed by atoms with van der Waals surface area (Å²) in [7, 11) is 0. The molecule has 106 valence electrons. The Kier molecular flexibility index (Phi) is 3.34. The summed E-state index contributed by atoms with van der Waals surface area (Å²) in [6.07, 6.45) is 1.93. The molecule has 1 unspecified atom stereocenters. The Morgan fingerprint density at radius 3 is 2.90 bits per heavy atom. The first kappa shape index (κ1) is 13.0. The molecule has 1 N–H and O–H groups in total. The van der Waals surface area contributed by atoms with Gasteiger partial charge in [-0.25, -0.2) is 4.79 Å². The van der Waals surface area contributed by atoms with Crippen molar-refractivity contribution in [1.82, 2.24) is 4.90 Å². The maximum atomic E-state index is 12.5. The van der Waals surface area contributed by atoms with Gasteiger partial charge in [-0.3, -0.25) is 4.79 Å². The van der Waals surface area contributed by atoms with Gasteiger partial charge >= 0.3 is 5.97 Å². The lowest BCUT2D eigenvalue weighted by atomic mass is 9.95. The van der Waals surface area contributed by atoms with Gasteiger partial charge in [0.15, 0.2) is 0 Å². The minimum absolute atomic E-state index is 0.0931. The summed E-state index contributed by atoms with van der Waals surface area (Å²) in [6, 6.07) is 7.01. The van der Waals surface area contributed by atoms with Gasteiger partial charge in [-0.1, -0.05) is 18.2 Å². The fourth-order valence-corrected chi connectivity index (χ4v) is 3.01. The monoisotopic (exact) mass is 275 g/mol. The van der Waals surface area contributed by atoms with Gasteiger partial charge in [-0.05, 0) is 30.9 Å². The molecule has 1 aromatic carbocycles. The minimum Gasteiger partial charge on any atom is -0.492 e. The van der Waals surface area contributed by atoms with Crippen LogP contribution in [0.1, 0.15) is 18.4 Å². The van der Waals surface area contributed by atoms with Crippen LogP contribution in [0.25, 0.3) is 0 Å². The van der Waals surface area contributed by atoms with E-state index in [1.807, 2.05) is 24.3 Å². The first-order chi connectivity index (χ1) is 9.66. The van der Waals surface area contributed by atoms with Gasteiger partial charge in [0.1, 0.15) is 18.4 Å². The van der Waals surface area contributed by atoms with E-state index in [-0.39, 0.29) is 11.8 Å². The Labute approximate surface area is 117 Å². The van der Waals surface area contributed by atoms with E-state index in [0.29, 0.717) is 26.0 Å². The predicted octanol–water partition coefficient (Wildman–Crippen LogP) is 1.31. The first-order valence-corrected chi connectivity index (χ1v) is 6.91. The van der Waals surface area contributed by atoms with Gasteiger partial charge in [0.2, 0.25) is 5.91 Å². The maximum Gasteiger partial charge on any atom is 0.326 e. The summed E-state index contributed by atoms with van der Waals surface area (Å²) in [4.78, 5) is 25.2. The zero-order valence-corrected chi connectivity index (χ0v) is 11.1. The normalized spacial score (nSPS) is 24.9. The molecule has 0 bridgehead atoms. The van der Waals surface area contributed by atoms with Gasteiger partial charge in [-0.15, -0.1) is 0 Å². The van der Waals surface area contributed by atoms with E-state index in [0.717, 1.165) is 17.7 Å². The molecular formula is C15H17NO4. The van der Waals surface area contributed by atoms with Crippen LogP contribution in [0.2, 0.25) is 0 Å². The largest absolute Gasteiger partial charge is 0.492 e. The average molecular weight is 275 g/mol. The number of rotatable bonds is 2. The van der Waals surface area contributed by atoms with Crippen LogP contribution >= 0.6 is 0 Å². The minimum atomic E-state index is -0.909. The summed E-state index contributed by atoms with van der Waals surface area (Å²) in [6.45, 7) is 0.868. The van der Waals surface area contributed by atoms with Crippen molar-refractivity contribution in [1.29, 1.82) is 0 Å². The highest BCUT2D eigenvalue weighted by atomic mass is 16.5. The molecule has 1 aromatic rings. The number of fused-ring (bicyclic) bond motifs is 1. The SMILES string of the molecule is O=C(O)[C@H]1CCCN1C(=O)C1COc2ccccc2C1. The second-order valence-corrected chi connectivity index (χ2v) is 5.35. The summed E-state index contributed by atoms with van der Waals surface area (Å²) >= 11 is 0. The van der Waals surface area contributed by atoms with Crippen LogP contribution in [0.4, 0.5) is 0 Å². The van der Waals surface area contributed by atoms with E-state index in [1.165, 1.54) is 4.90 Å². The smallest absolute Gasteiger partial charge is 0.326 e. The molecule has 20 heavy (non-hydrogen) atoms. The van der Waals surface area contributed by atoms with Crippen LogP contribution in [0, 0.1) is 5.92 Å². The van der Waals surface area contributed by atoms with E-state index in [1.54, 1.807) is 0 Å². The number of carbonyl (C=O) groups is 2. The Hall–Kier alpha value is -2.04. The maximum absolute atomic E-state index is 12.5. The molecule has 2 heterocycles. The number of aliphatic carboxylic acids is 1. The highest BCUT2D eigenvalue weighted by molar-refractivity contribution is 5.86. The summed E-state index contributed by atoms with van der Waals surface area (Å²) in [5.41, 5.74) is 1.02. The van der Waals surface area contributed by atoms with Crippen LogP contribution in [0.5, 0.6) is 5.75 Å². The zero-order valence-electron chi connectivity index (χ0n) is 11.1. The van der Waals surface area contributed by atoms with Crippen molar-refractivity contribution >= 4 is 11.9 Å². The van der Waals surface area contributed by atoms with E-state index >= 15 is 0 Å². The van der Waals surface area contributed by atoms with Gasteiger partial charge in [-0.2, -0.15) is 0 Å². The lowest BCUT2D eigenvalue weighted by Gasteiger charge is -2.30. The van der Waals surface area contributed by atoms with Crippen molar-refractivity contribution in [3.05, 3.63) is 29.8 Å². The number of para-hydroxylation sites is 1. The quantitative estimate of drug-likeness (QED) is 0.883. The Balaban J connectivity index is 1.74. The van der Waals surface area contributed by atoms with E-state index < -0.39 is 12.0 Å². The molecular weight excluding hydrogens is 258 g/mol. The first-order valence-electron chi connectivity index (χ1n) is 6.91. The van der Waals surface area contributed by atoms with Gasteiger partial charge in [0.05, 0.1) is 5.92 Å². The van der Waals surface area contributed by atoms with E-state index in [9.17, 15) is 9.59 Å². The van der Waals surface area contributed by atoms with Crippen LogP contribution < -0.4 is 4.74 Å². The second-order valence-electron chi connectivity index (χ2n) is 5.35. The molecule has 0 saturated carbocycles. The summed E-state index contributed by atoms with van der Waals surface area (Å²) in [5.74, 6) is -0.449. The summed E-state index contributed by atoms with van der Waals surface area (Å²) < 4.78 is 5.62. The third-order valence-corrected chi connectivity index (χ3v) is 4.05. The fraction of sp³-hybridized carbons (Fsp3) is 0.467. The number of benzene rings is 1. The van der Waals surface area contributed by atoms with Gasteiger partial charge < -0.3 is 14.7 Å². The number of likely N-dealkylation sites (tertiary alicyclic amines) is 1. The predicted molar refractivity (Wildman–Crippen MR) is 71.5 cm³/mol. The van der Waals surface area contributed by atoms with Gasteiger partial charge in [0.25, 0.3) is 0 Å². The standard InChI is InChI=1S/C15H17NO4/c17-14(16-7-3-5-12(16)15(18)19)11-8-10-4-1-2-6-13(10)20-9-11/h1-2,4,6,11-12H,3,5,7-9H2,(H,18,19)/t11?,12-/m1/s1. The molecule has 1 fully saturated rings. The number of carbonyl (C=O) groups excluding carboxylic acids is 1. The molecule has 5 heteroatoms. The molecule has 1 saturated heterocycles. The van der Waals surface area contributed by atoms with E-state index in [2.05, 4.69) is 0 Å². The molecule has 0 radical (unpaired) electrons. The topological polar surface area (TPSA) is 66.8 Å². The highest BCUT2D eigenvalue weighted by Crippen LogP contribution is 2.29. The van der Waals surface area contributed by atoms with Crippen LogP contribution in [-0.4, -0.2) is 41.1 Å². The highest BCUT2D eigenvalue weighted by Gasteiger charge is 2.38. The van der Waals surface area contributed by atoms with Crippen molar-refractivity contribution in [2.45, 2.75) is 25.3 Å². The molecule has 0 aromatic heterocycles. The van der Waals surface area contributed by atoms with Crippen molar-refractivity contribution in [3.63, 3.8) is 0 Å². The number of ether oxygens (including phenoxy) is 1. The molecule has 3 rings (SSSR count). The number of nitrogens with zero attached hydrogens (tertiary/aromatic N) is 1. The van der Waals surface area contributed by atoms with Crippen LogP contribution in [0.3, 0.4) is 0 Å². The van der Waals surface area contributed by atoms with Crippen molar-refractivity contribution in [2.24, 2.45) is 5.92 Å². The second kappa shape index (κ2) is 5.15. The zero-order chi connectivity index (χ0) is 14.1. The fourth-order valence-electron chi connectivity index (χ4n) is 3.01. The Morgan fingerprint density at radius 2 is 2.10 bits per heavy atom. The molecule has 2 atom stereocenters. The molecule has 1 amide bonds. The summed E-state index contributed by atoms with van der Waals surface area (Å²) in [5, 5.41) is 9.16. The van der Waals surface area contributed by atoms with Crippen LogP contribution in [-0.2, 0) is 16.0 Å². The number of carboxylic acid groups (broad SMARTS) is 1. The lowest BCUT2D eigenvalue weighted by molar-refractivity contribution is -0.150. The van der Waals surface area contributed by atoms with Crippen molar-refractivity contribution in [2.75, 3.05) is 13.2 Å². The third-order valence-electron chi connectivity index (χ3n) is 4.05. The lowest BCUT2D eigenvalue weighted by Crippen LogP contribution is -2.46. The number of hydrogen-bond acceptors (Lipinski definition) is 3. The Morgan fingerprint density at radius 1 is 1.30 bits per heavy atom. The average Bonchev–Trinajstić information content (AvgIpc) is 2.95. The molecule has 0 spiro atoms. The molecule has 2 aliphatic rings. The Bertz CT molecular complexity index is 542. The van der Waals surface area contributed by atoms with Crippen molar-refractivity contribution in [3.8, 4) is 5.75 Å². The number of amides is 1. The molecule has 2 aliphatic heterocycles. The van der Waals surface area contributed by atoms with E-state index in [4.69, 9.17) is 9.84 Å². The van der Waals surface area contributed by atoms with Crippen molar-refractivity contribution < 1.29 is 19.4 Å². The molecule has 0 aliphatic carbocycles. The molecule has 5 nitrogen and oxygen atoms in total.